The van der Waals surface area contributed by atoms with Crippen molar-refractivity contribution in [3.05, 3.63) is 52.7 Å². The second-order valence-corrected chi connectivity index (χ2v) is 6.47. The van der Waals surface area contributed by atoms with Crippen molar-refractivity contribution in [2.45, 2.75) is 32.2 Å². The highest BCUT2D eigenvalue weighted by molar-refractivity contribution is 7.99. The van der Waals surface area contributed by atoms with Crippen LogP contribution in [0.3, 0.4) is 0 Å². The highest BCUT2D eigenvalue weighted by atomic mass is 32.2. The molecule has 0 saturated heterocycles. The summed E-state index contributed by atoms with van der Waals surface area (Å²) in [6.45, 7) is 5.89. The van der Waals surface area contributed by atoms with Crippen molar-refractivity contribution in [3.8, 4) is 6.07 Å². The van der Waals surface area contributed by atoms with Gasteiger partial charge in [-0.25, -0.2) is 4.98 Å². The van der Waals surface area contributed by atoms with Gasteiger partial charge in [0, 0.05) is 23.6 Å². The molecule has 1 amide bonds. The van der Waals surface area contributed by atoms with Crippen molar-refractivity contribution >= 4 is 23.4 Å². The Morgan fingerprint density at radius 1 is 1.26 bits per heavy atom. The van der Waals surface area contributed by atoms with Gasteiger partial charge in [-0.05, 0) is 44.5 Å². The van der Waals surface area contributed by atoms with Crippen molar-refractivity contribution in [1.82, 2.24) is 4.98 Å². The van der Waals surface area contributed by atoms with E-state index in [-0.39, 0.29) is 5.91 Å². The van der Waals surface area contributed by atoms with Gasteiger partial charge in [-0.1, -0.05) is 17.7 Å². The zero-order chi connectivity index (χ0) is 16.8. The summed E-state index contributed by atoms with van der Waals surface area (Å²) in [5, 5.41) is 12.7. The molecule has 1 N–H and O–H groups in total. The van der Waals surface area contributed by atoms with Crippen LogP contribution in [-0.4, -0.2) is 16.6 Å². The SMILES string of the molecule is Cc1ccc(NC(=O)CCSc2nc(C)ccc2C#N)c(C)c1. The van der Waals surface area contributed by atoms with Crippen molar-refractivity contribution in [2.75, 3.05) is 11.1 Å². The molecule has 0 atom stereocenters. The number of nitriles is 1. The molecule has 0 radical (unpaired) electrons. The maximum Gasteiger partial charge on any atom is 0.225 e. The van der Waals surface area contributed by atoms with Crippen LogP contribution in [0.5, 0.6) is 0 Å². The molecule has 0 aliphatic carbocycles. The lowest BCUT2D eigenvalue weighted by Gasteiger charge is -2.09. The van der Waals surface area contributed by atoms with Gasteiger partial charge >= 0.3 is 0 Å². The van der Waals surface area contributed by atoms with E-state index in [1.807, 2.05) is 45.0 Å². The second kappa shape index (κ2) is 7.80. The highest BCUT2D eigenvalue weighted by Crippen LogP contribution is 2.22. The fourth-order valence-corrected chi connectivity index (χ4v) is 3.09. The van der Waals surface area contributed by atoms with Crippen LogP contribution in [0, 0.1) is 32.1 Å². The Kier molecular flexibility index (Phi) is 5.78. The van der Waals surface area contributed by atoms with Gasteiger partial charge < -0.3 is 5.32 Å². The van der Waals surface area contributed by atoms with E-state index in [4.69, 9.17) is 5.26 Å². The maximum atomic E-state index is 12.1. The molecule has 0 aliphatic rings. The standard InChI is InChI=1S/C18H19N3OS/c1-12-4-7-16(13(2)10-12)21-17(22)8-9-23-18-15(11-19)6-5-14(3)20-18/h4-7,10H,8-9H2,1-3H3,(H,21,22). The van der Waals surface area contributed by atoms with Crippen LogP contribution >= 0.6 is 11.8 Å². The molecule has 4 nitrogen and oxygen atoms in total. The van der Waals surface area contributed by atoms with E-state index in [1.54, 1.807) is 6.07 Å². The van der Waals surface area contributed by atoms with Crippen LogP contribution in [0.15, 0.2) is 35.4 Å². The molecule has 0 unspecified atom stereocenters. The van der Waals surface area contributed by atoms with Gasteiger partial charge in [-0.2, -0.15) is 5.26 Å². The molecule has 1 aromatic heterocycles. The molecule has 118 valence electrons. The topological polar surface area (TPSA) is 65.8 Å². The van der Waals surface area contributed by atoms with Crippen molar-refractivity contribution in [2.24, 2.45) is 0 Å². The fraction of sp³-hybridized carbons (Fsp3) is 0.278. The van der Waals surface area contributed by atoms with Crippen LogP contribution in [-0.2, 0) is 4.79 Å². The Labute approximate surface area is 140 Å². The number of anilines is 1. The molecular weight excluding hydrogens is 306 g/mol. The van der Waals surface area contributed by atoms with E-state index in [1.165, 1.54) is 17.3 Å². The predicted octanol–water partition coefficient (Wildman–Crippen LogP) is 4.00. The summed E-state index contributed by atoms with van der Waals surface area (Å²) in [5.41, 5.74) is 4.49. The van der Waals surface area contributed by atoms with Crippen molar-refractivity contribution < 1.29 is 4.79 Å². The lowest BCUT2D eigenvalue weighted by atomic mass is 10.1. The minimum Gasteiger partial charge on any atom is -0.326 e. The van der Waals surface area contributed by atoms with Gasteiger partial charge in [-0.3, -0.25) is 4.79 Å². The molecule has 0 saturated carbocycles. The number of hydrogen-bond acceptors (Lipinski definition) is 4. The summed E-state index contributed by atoms with van der Waals surface area (Å²) in [7, 11) is 0. The predicted molar refractivity (Wildman–Crippen MR) is 93.6 cm³/mol. The third-order valence-corrected chi connectivity index (χ3v) is 4.34. The number of carbonyl (C=O) groups is 1. The van der Waals surface area contributed by atoms with Crippen LogP contribution in [0.25, 0.3) is 0 Å². The number of rotatable bonds is 5. The van der Waals surface area contributed by atoms with E-state index in [2.05, 4.69) is 16.4 Å². The molecule has 2 aromatic rings. The lowest BCUT2D eigenvalue weighted by molar-refractivity contribution is -0.115. The highest BCUT2D eigenvalue weighted by Gasteiger charge is 2.08. The Balaban J connectivity index is 1.90. The first-order valence-electron chi connectivity index (χ1n) is 7.37. The van der Waals surface area contributed by atoms with Gasteiger partial charge in [0.2, 0.25) is 5.91 Å². The zero-order valence-corrected chi connectivity index (χ0v) is 14.3. The molecule has 23 heavy (non-hydrogen) atoms. The van der Waals surface area contributed by atoms with E-state index in [9.17, 15) is 4.79 Å². The molecule has 0 fully saturated rings. The molecule has 1 heterocycles. The Morgan fingerprint density at radius 2 is 2.04 bits per heavy atom. The third kappa shape index (κ3) is 4.83. The number of hydrogen-bond donors (Lipinski definition) is 1. The monoisotopic (exact) mass is 325 g/mol. The van der Waals surface area contributed by atoms with Gasteiger partial charge in [-0.15, -0.1) is 11.8 Å². The minimum absolute atomic E-state index is 0.0318. The summed E-state index contributed by atoms with van der Waals surface area (Å²) in [6.07, 6.45) is 0.373. The average Bonchev–Trinajstić information content (AvgIpc) is 2.50. The van der Waals surface area contributed by atoms with Crippen LogP contribution in [0.2, 0.25) is 0 Å². The van der Waals surface area contributed by atoms with Gasteiger partial charge in [0.25, 0.3) is 0 Å². The molecule has 0 spiro atoms. The van der Waals surface area contributed by atoms with Crippen molar-refractivity contribution in [1.29, 1.82) is 5.26 Å². The van der Waals surface area contributed by atoms with E-state index < -0.39 is 0 Å². The first-order valence-corrected chi connectivity index (χ1v) is 8.36. The number of thioether (sulfide) groups is 1. The molecule has 2 rings (SSSR count). The average molecular weight is 325 g/mol. The van der Waals surface area contributed by atoms with Gasteiger partial charge in [0.15, 0.2) is 0 Å². The number of carbonyl (C=O) groups excluding carboxylic acids is 1. The third-order valence-electron chi connectivity index (χ3n) is 3.34. The van der Waals surface area contributed by atoms with E-state index >= 15 is 0 Å². The molecule has 5 heteroatoms. The van der Waals surface area contributed by atoms with Crippen molar-refractivity contribution in [3.63, 3.8) is 0 Å². The Morgan fingerprint density at radius 3 is 2.74 bits per heavy atom. The summed E-state index contributed by atoms with van der Waals surface area (Å²) in [5.74, 6) is 0.553. The summed E-state index contributed by atoms with van der Waals surface area (Å²) in [4.78, 5) is 16.4. The normalized spacial score (nSPS) is 10.2. The summed E-state index contributed by atoms with van der Waals surface area (Å²) in [6, 6.07) is 11.7. The number of pyridine rings is 1. The quantitative estimate of drug-likeness (QED) is 0.844. The summed E-state index contributed by atoms with van der Waals surface area (Å²) >= 11 is 1.44. The minimum atomic E-state index is -0.0318. The maximum absolute atomic E-state index is 12.1. The zero-order valence-electron chi connectivity index (χ0n) is 13.5. The van der Waals surface area contributed by atoms with Gasteiger partial charge in [0.1, 0.15) is 11.1 Å². The number of aromatic nitrogens is 1. The molecule has 0 aliphatic heterocycles. The number of benzene rings is 1. The fourth-order valence-electron chi connectivity index (χ4n) is 2.13. The second-order valence-electron chi connectivity index (χ2n) is 5.38. The van der Waals surface area contributed by atoms with Gasteiger partial charge in [0.05, 0.1) is 5.56 Å². The molecular formula is C18H19N3OS. The lowest BCUT2D eigenvalue weighted by Crippen LogP contribution is -2.13. The Bertz CT molecular complexity index is 765. The Hall–Kier alpha value is -2.32. The number of nitrogens with zero attached hydrogens (tertiary/aromatic N) is 2. The van der Waals surface area contributed by atoms with Crippen LogP contribution in [0.4, 0.5) is 5.69 Å². The van der Waals surface area contributed by atoms with E-state index in [0.29, 0.717) is 22.8 Å². The first-order chi connectivity index (χ1) is 11.0. The first kappa shape index (κ1) is 17.0. The largest absolute Gasteiger partial charge is 0.326 e. The smallest absolute Gasteiger partial charge is 0.225 e. The van der Waals surface area contributed by atoms with Crippen LogP contribution < -0.4 is 5.32 Å². The summed E-state index contributed by atoms with van der Waals surface area (Å²) < 4.78 is 0. The number of amides is 1. The molecule has 1 aromatic carbocycles. The molecule has 0 bridgehead atoms. The number of aryl methyl sites for hydroxylation is 3. The van der Waals surface area contributed by atoms with E-state index in [0.717, 1.165) is 16.9 Å². The van der Waals surface area contributed by atoms with Crippen LogP contribution in [0.1, 0.15) is 28.8 Å². The number of nitrogens with one attached hydrogen (secondary N) is 1.